The van der Waals surface area contributed by atoms with E-state index in [-0.39, 0.29) is 17.3 Å². The van der Waals surface area contributed by atoms with Crippen molar-refractivity contribution < 1.29 is 23.9 Å². The Morgan fingerprint density at radius 1 is 0.833 bits per heavy atom. The third-order valence-corrected chi connectivity index (χ3v) is 8.91. The molecule has 42 heavy (non-hydrogen) atoms. The Morgan fingerprint density at radius 3 is 2.17 bits per heavy atom. The van der Waals surface area contributed by atoms with Crippen LogP contribution in [-0.4, -0.2) is 43.2 Å². The SMILES string of the molecule is CCOc1ccccc1[C@H]1[C@@H](C(=O)c2ccc(OC)cc2)N2c3ccccc3C=C[C@@H]2C12C(=O)c1ccccc1C2=O. The molecule has 0 N–H and O–H groups in total. The molecule has 0 unspecified atom stereocenters. The van der Waals surface area contributed by atoms with Crippen LogP contribution in [0.3, 0.4) is 0 Å². The highest BCUT2D eigenvalue weighted by Gasteiger charge is 2.71. The predicted molar refractivity (Wildman–Crippen MR) is 161 cm³/mol. The average Bonchev–Trinajstić information content (AvgIpc) is 3.47. The number of para-hydroxylation sites is 2. The molecule has 0 amide bonds. The number of carbonyl (C=O) groups is 3. The van der Waals surface area contributed by atoms with Crippen molar-refractivity contribution in [2.24, 2.45) is 5.41 Å². The van der Waals surface area contributed by atoms with E-state index in [4.69, 9.17) is 9.47 Å². The third kappa shape index (κ3) is 3.48. The van der Waals surface area contributed by atoms with E-state index < -0.39 is 23.4 Å². The molecule has 1 aliphatic carbocycles. The van der Waals surface area contributed by atoms with Crippen molar-refractivity contribution in [2.45, 2.75) is 24.9 Å². The van der Waals surface area contributed by atoms with Crippen molar-refractivity contribution in [3.05, 3.63) is 131 Å². The molecular weight excluding hydrogens is 526 g/mol. The first kappa shape index (κ1) is 26.0. The lowest BCUT2D eigenvalue weighted by molar-refractivity contribution is 0.0664. The Balaban J connectivity index is 1.54. The average molecular weight is 556 g/mol. The number of ketones is 3. The number of fused-ring (bicyclic) bond motifs is 5. The van der Waals surface area contributed by atoms with Crippen molar-refractivity contribution in [3.8, 4) is 11.5 Å². The van der Waals surface area contributed by atoms with Crippen molar-refractivity contribution in [2.75, 3.05) is 18.6 Å². The Morgan fingerprint density at radius 2 is 1.48 bits per heavy atom. The van der Waals surface area contributed by atoms with Crippen LogP contribution in [0, 0.1) is 5.41 Å². The number of Topliss-reactive ketones (excluding diaryl/α,β-unsaturated/α-hetero) is 3. The molecule has 6 heteroatoms. The molecule has 3 aliphatic rings. The van der Waals surface area contributed by atoms with Gasteiger partial charge in [0.1, 0.15) is 23.0 Å². The predicted octanol–water partition coefficient (Wildman–Crippen LogP) is 6.41. The van der Waals surface area contributed by atoms with E-state index in [1.807, 2.05) is 72.5 Å². The van der Waals surface area contributed by atoms with Gasteiger partial charge in [-0.25, -0.2) is 0 Å². The van der Waals surface area contributed by atoms with Crippen LogP contribution in [0.4, 0.5) is 5.69 Å². The number of hydrogen-bond donors (Lipinski definition) is 0. The van der Waals surface area contributed by atoms with Gasteiger partial charge in [-0.2, -0.15) is 0 Å². The summed E-state index contributed by atoms with van der Waals surface area (Å²) in [6, 6.07) is 27.7. The van der Waals surface area contributed by atoms with Crippen LogP contribution in [0.1, 0.15) is 55.0 Å². The summed E-state index contributed by atoms with van der Waals surface area (Å²) in [5.41, 5.74) is 2.08. The zero-order valence-electron chi connectivity index (χ0n) is 23.3. The van der Waals surface area contributed by atoms with Crippen LogP contribution >= 0.6 is 0 Å². The van der Waals surface area contributed by atoms with E-state index in [2.05, 4.69) is 0 Å². The number of hydrogen-bond acceptors (Lipinski definition) is 6. The fourth-order valence-electron chi connectivity index (χ4n) is 7.21. The number of benzene rings is 4. The zero-order chi connectivity index (χ0) is 29.0. The zero-order valence-corrected chi connectivity index (χ0v) is 23.3. The molecule has 0 aromatic heterocycles. The van der Waals surface area contributed by atoms with E-state index >= 15 is 0 Å². The number of nitrogens with zero attached hydrogens (tertiary/aromatic N) is 1. The Kier molecular flexibility index (Phi) is 6.08. The minimum Gasteiger partial charge on any atom is -0.497 e. The van der Waals surface area contributed by atoms with E-state index in [1.165, 1.54) is 0 Å². The third-order valence-electron chi connectivity index (χ3n) is 8.91. The number of rotatable bonds is 6. The highest BCUT2D eigenvalue weighted by Crippen LogP contribution is 2.62. The summed E-state index contributed by atoms with van der Waals surface area (Å²) in [5, 5.41) is 0. The fourth-order valence-corrected chi connectivity index (χ4v) is 7.21. The molecular formula is C36H29NO5. The van der Waals surface area contributed by atoms with Gasteiger partial charge < -0.3 is 14.4 Å². The second-order valence-corrected chi connectivity index (χ2v) is 10.8. The van der Waals surface area contributed by atoms with Crippen molar-refractivity contribution in [3.63, 3.8) is 0 Å². The quantitative estimate of drug-likeness (QED) is 0.202. The number of anilines is 1. The van der Waals surface area contributed by atoms with E-state index in [1.54, 1.807) is 55.6 Å². The van der Waals surface area contributed by atoms with Crippen LogP contribution in [0.15, 0.2) is 103 Å². The standard InChI is InChI=1S/C36H29NO5/c1-3-42-29-15-9-7-13-27(29)31-32(33(38)23-16-19-24(41-2)20-17-23)37-28-14-8-4-10-22(28)18-21-30(37)36(31)34(39)25-11-5-6-12-26(25)35(36)40/h4-21,30-32H,3H2,1-2H3/t30-,31+,32+/m1/s1. The van der Waals surface area contributed by atoms with Gasteiger partial charge in [0.15, 0.2) is 17.3 Å². The molecule has 208 valence electrons. The number of carbonyl (C=O) groups excluding carboxylic acids is 3. The lowest BCUT2D eigenvalue weighted by atomic mass is 9.64. The molecule has 0 saturated carbocycles. The molecule has 2 heterocycles. The van der Waals surface area contributed by atoms with E-state index in [0.717, 1.165) is 11.3 Å². The summed E-state index contributed by atoms with van der Waals surface area (Å²) >= 11 is 0. The monoisotopic (exact) mass is 555 g/mol. The minimum atomic E-state index is -1.58. The molecule has 7 rings (SSSR count). The maximum atomic E-state index is 14.8. The van der Waals surface area contributed by atoms with Crippen molar-refractivity contribution in [1.82, 2.24) is 0 Å². The number of ether oxygens (including phenoxy) is 2. The van der Waals surface area contributed by atoms with Gasteiger partial charge >= 0.3 is 0 Å². The van der Waals surface area contributed by atoms with Crippen molar-refractivity contribution in [1.29, 1.82) is 0 Å². The molecule has 0 bridgehead atoms. The van der Waals surface area contributed by atoms with Crippen LogP contribution in [0.5, 0.6) is 11.5 Å². The second-order valence-electron chi connectivity index (χ2n) is 10.8. The maximum Gasteiger partial charge on any atom is 0.185 e. The maximum absolute atomic E-state index is 14.8. The van der Waals surface area contributed by atoms with Crippen LogP contribution < -0.4 is 14.4 Å². The van der Waals surface area contributed by atoms with Crippen LogP contribution in [0.25, 0.3) is 6.08 Å². The second kappa shape index (κ2) is 9.84. The largest absolute Gasteiger partial charge is 0.497 e. The highest BCUT2D eigenvalue weighted by atomic mass is 16.5. The van der Waals surface area contributed by atoms with Gasteiger partial charge in [-0.05, 0) is 48.9 Å². The Hall–Kier alpha value is -4.97. The fraction of sp³-hybridized carbons (Fsp3) is 0.194. The summed E-state index contributed by atoms with van der Waals surface area (Å²) < 4.78 is 11.4. The molecule has 1 fully saturated rings. The smallest absolute Gasteiger partial charge is 0.185 e. The molecule has 2 aliphatic heterocycles. The van der Waals surface area contributed by atoms with Gasteiger partial charge in [0.05, 0.1) is 19.8 Å². The van der Waals surface area contributed by atoms with Gasteiger partial charge in [0.2, 0.25) is 0 Å². The van der Waals surface area contributed by atoms with E-state index in [0.29, 0.717) is 40.4 Å². The van der Waals surface area contributed by atoms with Crippen LogP contribution in [-0.2, 0) is 0 Å². The summed E-state index contributed by atoms with van der Waals surface area (Å²) in [6.07, 6.45) is 3.90. The lowest BCUT2D eigenvalue weighted by Crippen LogP contribution is -2.48. The normalized spacial score (nSPS) is 21.2. The lowest BCUT2D eigenvalue weighted by Gasteiger charge is -2.37. The first-order chi connectivity index (χ1) is 20.5. The van der Waals surface area contributed by atoms with Gasteiger partial charge in [0.25, 0.3) is 0 Å². The molecule has 3 atom stereocenters. The summed E-state index contributed by atoms with van der Waals surface area (Å²) in [5.74, 6) is -0.341. The van der Waals surface area contributed by atoms with Crippen LogP contribution in [0.2, 0.25) is 0 Å². The Labute approximate surface area is 244 Å². The first-order valence-electron chi connectivity index (χ1n) is 14.2. The highest BCUT2D eigenvalue weighted by molar-refractivity contribution is 6.32. The molecule has 1 saturated heterocycles. The van der Waals surface area contributed by atoms with Crippen molar-refractivity contribution >= 4 is 29.1 Å². The molecule has 0 radical (unpaired) electrons. The van der Waals surface area contributed by atoms with Gasteiger partial charge in [-0.1, -0.05) is 72.8 Å². The first-order valence-corrected chi connectivity index (χ1v) is 14.2. The number of methoxy groups -OCH3 is 1. The molecule has 4 aromatic rings. The minimum absolute atomic E-state index is 0.183. The summed E-state index contributed by atoms with van der Waals surface area (Å²) in [6.45, 7) is 2.29. The molecule has 1 spiro atoms. The van der Waals surface area contributed by atoms with Gasteiger partial charge in [-0.3, -0.25) is 14.4 Å². The van der Waals surface area contributed by atoms with Gasteiger partial charge in [-0.15, -0.1) is 0 Å². The topological polar surface area (TPSA) is 72.9 Å². The summed E-state index contributed by atoms with van der Waals surface area (Å²) in [4.78, 5) is 46.4. The molecule has 4 aromatic carbocycles. The van der Waals surface area contributed by atoms with E-state index in [9.17, 15) is 14.4 Å². The van der Waals surface area contributed by atoms with Gasteiger partial charge in [0, 0.05) is 33.9 Å². The molecule has 6 nitrogen and oxygen atoms in total. The Bertz CT molecular complexity index is 1740. The summed E-state index contributed by atoms with van der Waals surface area (Å²) in [7, 11) is 1.58.